The number of aromatic nitrogens is 3. The third kappa shape index (κ3) is 5.56. The second-order valence-electron chi connectivity index (χ2n) is 7.48. The van der Waals surface area contributed by atoms with Gasteiger partial charge >= 0.3 is 6.03 Å². The number of urea groups is 1. The second kappa shape index (κ2) is 10.3. The van der Waals surface area contributed by atoms with Gasteiger partial charge in [0, 0.05) is 47.7 Å². The number of carbonyl (C=O) groups excluding carboxylic acids is 1. The summed E-state index contributed by atoms with van der Waals surface area (Å²) in [6.45, 7) is 6.31. The van der Waals surface area contributed by atoms with Crippen LogP contribution in [-0.4, -0.2) is 53.8 Å². The molecule has 4 rings (SSSR count). The summed E-state index contributed by atoms with van der Waals surface area (Å²) in [6.07, 6.45) is 0. The molecule has 0 bridgehead atoms. The van der Waals surface area contributed by atoms with Gasteiger partial charge in [-0.2, -0.15) is 0 Å². The summed E-state index contributed by atoms with van der Waals surface area (Å²) >= 11 is 3.34. The molecule has 2 N–H and O–H groups in total. The standard InChI is InChI=1S/C22H26N6O2S2/c1-14-12-31-22(24-14)32-13-18-10-19(28-8-9-30-11-15(28)2)27-20(25-18)16-4-6-17(7-5-16)26-21(29)23-3/h4-7,10,12,15H,8-9,11,13H2,1-3H3,(H2,23,26,29)/t15-/m0/s1. The summed E-state index contributed by atoms with van der Waals surface area (Å²) in [7, 11) is 1.59. The van der Waals surface area contributed by atoms with Crippen LogP contribution < -0.4 is 15.5 Å². The van der Waals surface area contributed by atoms with Gasteiger partial charge in [0.25, 0.3) is 0 Å². The van der Waals surface area contributed by atoms with Crippen molar-refractivity contribution < 1.29 is 9.53 Å². The zero-order valence-electron chi connectivity index (χ0n) is 18.3. The number of hydrogen-bond acceptors (Lipinski definition) is 8. The van der Waals surface area contributed by atoms with Gasteiger partial charge in [-0.1, -0.05) is 11.8 Å². The van der Waals surface area contributed by atoms with E-state index in [4.69, 9.17) is 14.7 Å². The van der Waals surface area contributed by atoms with E-state index in [-0.39, 0.29) is 12.1 Å². The monoisotopic (exact) mass is 470 g/mol. The van der Waals surface area contributed by atoms with Crippen LogP contribution >= 0.6 is 23.1 Å². The van der Waals surface area contributed by atoms with Crippen LogP contribution in [0.25, 0.3) is 11.4 Å². The third-order valence-electron chi connectivity index (χ3n) is 5.00. The quantitative estimate of drug-likeness (QED) is 0.522. The van der Waals surface area contributed by atoms with Gasteiger partial charge in [-0.15, -0.1) is 11.3 Å². The molecule has 1 aliphatic heterocycles. The van der Waals surface area contributed by atoms with Crippen molar-refractivity contribution in [1.29, 1.82) is 0 Å². The number of morpholine rings is 1. The van der Waals surface area contributed by atoms with Crippen LogP contribution in [0.2, 0.25) is 0 Å². The number of amides is 2. The molecule has 2 amide bonds. The largest absolute Gasteiger partial charge is 0.377 e. The Labute approximate surface area is 195 Å². The Morgan fingerprint density at radius 2 is 2.09 bits per heavy atom. The van der Waals surface area contributed by atoms with Gasteiger partial charge in [-0.3, -0.25) is 0 Å². The zero-order chi connectivity index (χ0) is 22.5. The van der Waals surface area contributed by atoms with E-state index in [1.807, 2.05) is 31.2 Å². The fourth-order valence-corrected chi connectivity index (χ4v) is 5.07. The van der Waals surface area contributed by atoms with Crippen LogP contribution in [0.1, 0.15) is 18.3 Å². The number of nitrogens with zero attached hydrogens (tertiary/aromatic N) is 4. The predicted molar refractivity (Wildman–Crippen MR) is 130 cm³/mol. The lowest BCUT2D eigenvalue weighted by Gasteiger charge is -2.34. The Hall–Kier alpha value is -2.69. The molecule has 0 saturated carbocycles. The summed E-state index contributed by atoms with van der Waals surface area (Å²) in [5.74, 6) is 2.28. The number of hydrogen-bond donors (Lipinski definition) is 2. The lowest BCUT2D eigenvalue weighted by molar-refractivity contribution is 0.0985. The van der Waals surface area contributed by atoms with Crippen molar-refractivity contribution in [1.82, 2.24) is 20.3 Å². The topological polar surface area (TPSA) is 92.3 Å². The second-order valence-corrected chi connectivity index (χ2v) is 9.56. The molecule has 8 nitrogen and oxygen atoms in total. The Balaban J connectivity index is 1.62. The fourth-order valence-electron chi connectivity index (χ4n) is 3.33. The lowest BCUT2D eigenvalue weighted by Crippen LogP contribution is -2.44. The van der Waals surface area contributed by atoms with Gasteiger partial charge in [0.1, 0.15) is 10.2 Å². The first-order valence-electron chi connectivity index (χ1n) is 10.4. The van der Waals surface area contributed by atoms with Crippen LogP contribution in [0.3, 0.4) is 0 Å². The Kier molecular flexibility index (Phi) is 7.23. The van der Waals surface area contributed by atoms with Crippen molar-refractivity contribution in [3.05, 3.63) is 47.1 Å². The van der Waals surface area contributed by atoms with Crippen LogP contribution in [-0.2, 0) is 10.5 Å². The highest BCUT2D eigenvalue weighted by Gasteiger charge is 2.22. The SMILES string of the molecule is CNC(=O)Nc1ccc(-c2nc(CSc3nc(C)cs3)cc(N3CCOC[C@@H]3C)n2)cc1. The number of nitrogens with one attached hydrogen (secondary N) is 2. The molecule has 0 aliphatic carbocycles. The van der Waals surface area contributed by atoms with Crippen LogP contribution in [0, 0.1) is 6.92 Å². The van der Waals surface area contributed by atoms with Gasteiger partial charge in [-0.25, -0.2) is 19.7 Å². The zero-order valence-corrected chi connectivity index (χ0v) is 19.9. The number of aryl methyl sites for hydroxylation is 1. The highest BCUT2D eigenvalue weighted by molar-refractivity contribution is 8.00. The highest BCUT2D eigenvalue weighted by atomic mass is 32.2. The molecule has 2 aromatic heterocycles. The molecule has 0 unspecified atom stereocenters. The molecule has 0 spiro atoms. The summed E-state index contributed by atoms with van der Waals surface area (Å²) in [6, 6.07) is 9.61. The number of carbonyl (C=O) groups is 1. The smallest absolute Gasteiger partial charge is 0.318 e. The third-order valence-corrected chi connectivity index (χ3v) is 7.17. The Bertz CT molecular complexity index is 1070. The van der Waals surface area contributed by atoms with E-state index in [0.717, 1.165) is 33.7 Å². The van der Waals surface area contributed by atoms with Crippen molar-refractivity contribution in [3.63, 3.8) is 0 Å². The molecule has 1 aliphatic rings. The number of thiazole rings is 1. The van der Waals surface area contributed by atoms with Crippen LogP contribution in [0.5, 0.6) is 0 Å². The van der Waals surface area contributed by atoms with Crippen molar-refractivity contribution in [2.75, 3.05) is 37.0 Å². The Morgan fingerprint density at radius 3 is 2.78 bits per heavy atom. The van der Waals surface area contributed by atoms with Gasteiger partial charge in [-0.05, 0) is 38.1 Å². The minimum atomic E-state index is -0.256. The van der Waals surface area contributed by atoms with Gasteiger partial charge < -0.3 is 20.3 Å². The maximum Gasteiger partial charge on any atom is 0.318 e. The minimum absolute atomic E-state index is 0.243. The van der Waals surface area contributed by atoms with Crippen LogP contribution in [0.4, 0.5) is 16.3 Å². The summed E-state index contributed by atoms with van der Waals surface area (Å²) in [5, 5.41) is 7.37. The molecule has 10 heteroatoms. The number of anilines is 2. The van der Waals surface area contributed by atoms with Crippen molar-refractivity contribution in [3.8, 4) is 11.4 Å². The first-order valence-corrected chi connectivity index (χ1v) is 12.2. The van der Waals surface area contributed by atoms with Gasteiger partial charge in [0.15, 0.2) is 5.82 Å². The first-order chi connectivity index (χ1) is 15.5. The van der Waals surface area contributed by atoms with Crippen molar-refractivity contribution >= 4 is 40.6 Å². The number of thioether (sulfide) groups is 1. The summed E-state index contributed by atoms with van der Waals surface area (Å²) in [5.41, 5.74) is 3.59. The molecule has 1 atom stereocenters. The van der Waals surface area contributed by atoms with Crippen molar-refractivity contribution in [2.24, 2.45) is 0 Å². The van der Waals surface area contributed by atoms with E-state index in [2.05, 4.69) is 38.9 Å². The molecule has 3 heterocycles. The molecule has 168 valence electrons. The molecular weight excluding hydrogens is 444 g/mol. The molecule has 1 fully saturated rings. The molecule has 1 saturated heterocycles. The van der Waals surface area contributed by atoms with Gasteiger partial charge in [0.05, 0.1) is 24.9 Å². The molecule has 32 heavy (non-hydrogen) atoms. The molecule has 3 aromatic rings. The maximum atomic E-state index is 11.6. The first kappa shape index (κ1) is 22.5. The van der Waals surface area contributed by atoms with E-state index in [9.17, 15) is 4.79 Å². The average Bonchev–Trinajstić information content (AvgIpc) is 3.23. The number of benzene rings is 1. The van der Waals surface area contributed by atoms with Crippen molar-refractivity contribution in [2.45, 2.75) is 30.0 Å². The molecule has 1 aromatic carbocycles. The lowest BCUT2D eigenvalue weighted by atomic mass is 10.2. The van der Waals surface area contributed by atoms with E-state index >= 15 is 0 Å². The normalized spacial score (nSPS) is 16.1. The highest BCUT2D eigenvalue weighted by Crippen LogP contribution is 2.29. The Morgan fingerprint density at radius 1 is 1.28 bits per heavy atom. The number of rotatable bonds is 6. The number of ether oxygens (including phenoxy) is 1. The van der Waals surface area contributed by atoms with E-state index in [1.54, 1.807) is 30.1 Å². The summed E-state index contributed by atoms with van der Waals surface area (Å²) in [4.78, 5) is 28.1. The van der Waals surface area contributed by atoms with E-state index in [1.165, 1.54) is 0 Å². The molecule has 0 radical (unpaired) electrons. The maximum absolute atomic E-state index is 11.6. The minimum Gasteiger partial charge on any atom is -0.377 e. The van der Waals surface area contributed by atoms with Crippen LogP contribution in [0.15, 0.2) is 40.1 Å². The van der Waals surface area contributed by atoms with E-state index in [0.29, 0.717) is 30.5 Å². The average molecular weight is 471 g/mol. The fraction of sp³-hybridized carbons (Fsp3) is 0.364. The van der Waals surface area contributed by atoms with Gasteiger partial charge in [0.2, 0.25) is 0 Å². The summed E-state index contributed by atoms with van der Waals surface area (Å²) < 4.78 is 6.64. The van der Waals surface area contributed by atoms with E-state index < -0.39 is 0 Å². The predicted octanol–water partition coefficient (Wildman–Crippen LogP) is 4.18. The molecular formula is C22H26N6O2S2.